The third-order valence-corrected chi connectivity index (χ3v) is 1.58. The summed E-state index contributed by atoms with van der Waals surface area (Å²) in [5.41, 5.74) is 0.835. The van der Waals surface area contributed by atoms with Crippen LogP contribution in [-0.4, -0.2) is 0 Å². The molecule has 2 aromatic rings. The molecule has 0 aliphatic heterocycles. The van der Waals surface area contributed by atoms with Crippen LogP contribution in [0.25, 0.3) is 11.3 Å². The van der Waals surface area contributed by atoms with Gasteiger partial charge in [0.25, 0.3) is 0 Å². The van der Waals surface area contributed by atoms with Crippen LogP contribution in [0.4, 0.5) is 4.39 Å². The molecule has 0 saturated carbocycles. The topological polar surface area (TPSA) is 13.1 Å². The summed E-state index contributed by atoms with van der Waals surface area (Å²) in [6, 6.07) is 10.7. The Morgan fingerprint density at radius 3 is 2.75 bits per heavy atom. The predicted octanol–water partition coefficient (Wildman–Crippen LogP) is 2.89. The molecule has 0 unspecified atom stereocenters. The van der Waals surface area contributed by atoms with Crippen molar-refractivity contribution in [2.75, 3.05) is 0 Å². The van der Waals surface area contributed by atoms with Gasteiger partial charge in [0.2, 0.25) is 0 Å². The maximum Gasteiger partial charge on any atom is 0.133 e. The molecule has 0 spiro atoms. The van der Waals surface area contributed by atoms with E-state index in [4.69, 9.17) is 4.42 Å². The summed E-state index contributed by atoms with van der Waals surface area (Å²) < 4.78 is 17.6. The molecule has 1 radical (unpaired) electrons. The lowest BCUT2D eigenvalue weighted by Gasteiger charge is -1.93. The first-order valence-corrected chi connectivity index (χ1v) is 3.57. The average molecular weight is 161 g/mol. The summed E-state index contributed by atoms with van der Waals surface area (Å²) in [6.07, 6.45) is 1.58. The molecule has 0 atom stereocenters. The molecule has 1 nitrogen and oxygen atoms in total. The lowest BCUT2D eigenvalue weighted by atomic mass is 10.2. The Morgan fingerprint density at radius 2 is 2.17 bits per heavy atom. The number of furan rings is 1. The molecular weight excluding hydrogens is 155 g/mol. The van der Waals surface area contributed by atoms with E-state index >= 15 is 0 Å². The van der Waals surface area contributed by atoms with Crippen LogP contribution >= 0.6 is 0 Å². The van der Waals surface area contributed by atoms with Gasteiger partial charge in [0.1, 0.15) is 11.6 Å². The van der Waals surface area contributed by atoms with Gasteiger partial charge in [-0.1, -0.05) is 0 Å². The molecule has 2 heteroatoms. The van der Waals surface area contributed by atoms with Crippen molar-refractivity contribution in [3.05, 3.63) is 48.5 Å². The van der Waals surface area contributed by atoms with Crippen molar-refractivity contribution in [2.45, 2.75) is 0 Å². The van der Waals surface area contributed by atoms with Crippen LogP contribution in [0, 0.1) is 11.9 Å². The summed E-state index contributed by atoms with van der Waals surface area (Å²) in [7, 11) is 0. The number of hydrogen-bond acceptors (Lipinski definition) is 1. The van der Waals surface area contributed by atoms with Gasteiger partial charge in [-0.05, 0) is 30.3 Å². The van der Waals surface area contributed by atoms with Gasteiger partial charge in [0.15, 0.2) is 0 Å². The fourth-order valence-corrected chi connectivity index (χ4v) is 1.00. The van der Waals surface area contributed by atoms with Gasteiger partial charge in [0, 0.05) is 11.6 Å². The molecule has 0 bridgehead atoms. The Hall–Kier alpha value is -1.57. The zero-order valence-electron chi connectivity index (χ0n) is 6.25. The molecule has 59 valence electrons. The predicted molar refractivity (Wildman–Crippen MR) is 42.9 cm³/mol. The molecular formula is C10H6FO. The van der Waals surface area contributed by atoms with Crippen molar-refractivity contribution < 1.29 is 8.81 Å². The van der Waals surface area contributed by atoms with Crippen LogP contribution in [0.1, 0.15) is 0 Å². The van der Waals surface area contributed by atoms with E-state index in [9.17, 15) is 4.39 Å². The largest absolute Gasteiger partial charge is 0.464 e. The van der Waals surface area contributed by atoms with Crippen LogP contribution in [0.2, 0.25) is 0 Å². The molecule has 1 aromatic carbocycles. The Bertz CT molecular complexity index is 348. The molecule has 12 heavy (non-hydrogen) atoms. The minimum atomic E-state index is -0.356. The molecule has 1 aromatic heterocycles. The monoisotopic (exact) mass is 161 g/mol. The average Bonchev–Trinajstić information content (AvgIpc) is 2.58. The zero-order valence-corrected chi connectivity index (χ0v) is 6.25. The molecule has 2 rings (SSSR count). The number of halogens is 1. The fraction of sp³-hybridized carbons (Fsp3) is 0. The Kier molecular flexibility index (Phi) is 1.67. The summed E-state index contributed by atoms with van der Waals surface area (Å²) in [6.45, 7) is 0. The van der Waals surface area contributed by atoms with Gasteiger partial charge in [-0.15, -0.1) is 0 Å². The number of hydrogen-bond donors (Lipinski definition) is 0. The minimum Gasteiger partial charge on any atom is -0.464 e. The summed E-state index contributed by atoms with van der Waals surface area (Å²) in [5, 5.41) is 0. The third kappa shape index (κ3) is 1.23. The van der Waals surface area contributed by atoms with Gasteiger partial charge in [-0.25, -0.2) is 4.39 Å². The molecule has 1 heterocycles. The Balaban J connectivity index is 2.43. The first-order chi connectivity index (χ1) is 5.86. The smallest absolute Gasteiger partial charge is 0.133 e. The first kappa shape index (κ1) is 7.10. The van der Waals surface area contributed by atoms with E-state index < -0.39 is 0 Å². The van der Waals surface area contributed by atoms with E-state index in [2.05, 4.69) is 6.07 Å². The highest BCUT2D eigenvalue weighted by Crippen LogP contribution is 2.18. The molecule has 0 saturated heterocycles. The lowest BCUT2D eigenvalue weighted by Crippen LogP contribution is -1.75. The standard InChI is InChI=1S/C10H6FO/c11-9-5-3-8(4-6-9)10-2-1-7-12-10/h1-5,7H. The normalized spacial score (nSPS) is 10.1. The van der Waals surface area contributed by atoms with E-state index in [1.165, 1.54) is 6.07 Å². The van der Waals surface area contributed by atoms with Gasteiger partial charge in [-0.3, -0.25) is 0 Å². The van der Waals surface area contributed by atoms with Gasteiger partial charge in [0.05, 0.1) is 6.26 Å². The second kappa shape index (κ2) is 2.81. The molecule has 0 aliphatic carbocycles. The van der Waals surface area contributed by atoms with E-state index in [1.807, 2.05) is 6.07 Å². The highest BCUT2D eigenvalue weighted by molar-refractivity contribution is 5.56. The summed E-state index contributed by atoms with van der Waals surface area (Å²) >= 11 is 0. The number of rotatable bonds is 1. The first-order valence-electron chi connectivity index (χ1n) is 3.57. The maximum atomic E-state index is 12.4. The van der Waals surface area contributed by atoms with Crippen LogP contribution in [0.5, 0.6) is 0 Å². The van der Waals surface area contributed by atoms with Crippen molar-refractivity contribution in [1.29, 1.82) is 0 Å². The van der Waals surface area contributed by atoms with Crippen LogP contribution in [0.15, 0.2) is 41.0 Å². The quantitative estimate of drug-likeness (QED) is 0.626. The highest BCUT2D eigenvalue weighted by Gasteiger charge is 1.99. The zero-order chi connectivity index (χ0) is 8.39. The van der Waals surface area contributed by atoms with E-state index in [1.54, 1.807) is 24.5 Å². The summed E-state index contributed by atoms with van der Waals surface area (Å²) in [4.78, 5) is 0. The van der Waals surface area contributed by atoms with E-state index in [0.717, 1.165) is 11.3 Å². The van der Waals surface area contributed by atoms with Gasteiger partial charge in [-0.2, -0.15) is 0 Å². The van der Waals surface area contributed by atoms with Crippen molar-refractivity contribution in [2.24, 2.45) is 0 Å². The third-order valence-electron chi connectivity index (χ3n) is 1.58. The van der Waals surface area contributed by atoms with E-state index in [0.29, 0.717) is 0 Å². The SMILES string of the molecule is Fc1[c]cc(-c2ccco2)cc1. The maximum absolute atomic E-state index is 12.4. The van der Waals surface area contributed by atoms with Crippen molar-refractivity contribution in [1.82, 2.24) is 0 Å². The second-order valence-electron chi connectivity index (χ2n) is 2.40. The molecule has 0 aliphatic rings. The van der Waals surface area contributed by atoms with Gasteiger partial charge >= 0.3 is 0 Å². The Morgan fingerprint density at radius 1 is 1.25 bits per heavy atom. The molecule has 0 N–H and O–H groups in total. The van der Waals surface area contributed by atoms with Crippen LogP contribution in [0.3, 0.4) is 0 Å². The minimum absolute atomic E-state index is 0.356. The number of benzene rings is 1. The van der Waals surface area contributed by atoms with Gasteiger partial charge < -0.3 is 4.42 Å². The fourth-order valence-electron chi connectivity index (χ4n) is 1.00. The van der Waals surface area contributed by atoms with Crippen LogP contribution in [-0.2, 0) is 0 Å². The molecule has 0 amide bonds. The summed E-state index contributed by atoms with van der Waals surface area (Å²) in [5.74, 6) is 0.372. The highest BCUT2D eigenvalue weighted by atomic mass is 19.1. The van der Waals surface area contributed by atoms with Crippen LogP contribution < -0.4 is 0 Å². The van der Waals surface area contributed by atoms with Crippen molar-refractivity contribution in [3.8, 4) is 11.3 Å². The Labute approximate surface area is 69.4 Å². The van der Waals surface area contributed by atoms with Crippen molar-refractivity contribution in [3.63, 3.8) is 0 Å². The van der Waals surface area contributed by atoms with Crippen molar-refractivity contribution >= 4 is 0 Å². The second-order valence-corrected chi connectivity index (χ2v) is 2.40. The van der Waals surface area contributed by atoms with E-state index in [-0.39, 0.29) is 5.82 Å². The molecule has 0 fully saturated rings. The lowest BCUT2D eigenvalue weighted by molar-refractivity contribution is 0.581.